The Labute approximate surface area is 183 Å². The average molecular weight is 454 g/mol. The van der Waals surface area contributed by atoms with Gasteiger partial charge in [0.15, 0.2) is 6.10 Å². The monoisotopic (exact) mass is 453 g/mol. The molecule has 164 valence electrons. The van der Waals surface area contributed by atoms with Gasteiger partial charge in [-0.25, -0.2) is 8.42 Å². The number of carbonyl (C=O) groups excluding carboxylic acids is 1. The maximum absolute atomic E-state index is 12.9. The zero-order valence-electron chi connectivity index (χ0n) is 17.8. The Morgan fingerprint density at radius 1 is 1.13 bits per heavy atom. The van der Waals surface area contributed by atoms with Crippen molar-refractivity contribution in [3.8, 4) is 5.75 Å². The van der Waals surface area contributed by atoms with E-state index in [4.69, 9.17) is 16.3 Å². The van der Waals surface area contributed by atoms with Crippen LogP contribution in [0.15, 0.2) is 47.4 Å². The second-order valence-corrected chi connectivity index (χ2v) is 9.24. The van der Waals surface area contributed by atoms with Crippen LogP contribution < -0.4 is 15.0 Å². The zero-order valence-corrected chi connectivity index (χ0v) is 19.4. The van der Waals surface area contributed by atoms with E-state index in [1.807, 2.05) is 14.1 Å². The van der Waals surface area contributed by atoms with E-state index in [0.717, 1.165) is 0 Å². The number of hydrogen-bond acceptors (Lipinski definition) is 5. The lowest BCUT2D eigenvalue weighted by Crippen LogP contribution is -2.32. The molecule has 0 spiro atoms. The molecular formula is C21H28ClN3O4S. The number of hydrogen-bond donors (Lipinski definition) is 1. The number of ether oxygens (including phenoxy) is 1. The molecule has 2 rings (SSSR count). The third-order valence-corrected chi connectivity index (χ3v) is 6.81. The maximum Gasteiger partial charge on any atom is 0.265 e. The Morgan fingerprint density at radius 3 is 2.37 bits per heavy atom. The van der Waals surface area contributed by atoms with Gasteiger partial charge < -0.3 is 15.0 Å². The second-order valence-electron chi connectivity index (χ2n) is 6.87. The summed E-state index contributed by atoms with van der Waals surface area (Å²) in [4.78, 5) is 14.7. The Kier molecular flexibility index (Phi) is 8.11. The van der Waals surface area contributed by atoms with Crippen molar-refractivity contribution in [3.63, 3.8) is 0 Å². The summed E-state index contributed by atoms with van der Waals surface area (Å²) in [6.07, 6.45) is -0.818. The first-order valence-corrected chi connectivity index (χ1v) is 11.5. The minimum atomic E-state index is -3.66. The fraction of sp³-hybridized carbons (Fsp3) is 0.381. The number of amides is 1. The molecule has 0 aliphatic rings. The minimum Gasteiger partial charge on any atom is -0.481 e. The number of benzene rings is 2. The number of halogens is 1. The molecule has 0 bridgehead atoms. The normalized spacial score (nSPS) is 12.5. The van der Waals surface area contributed by atoms with Crippen molar-refractivity contribution in [2.75, 3.05) is 37.4 Å². The molecule has 0 heterocycles. The Morgan fingerprint density at radius 2 is 1.80 bits per heavy atom. The molecule has 0 aromatic heterocycles. The Balaban J connectivity index is 2.31. The van der Waals surface area contributed by atoms with Gasteiger partial charge in [0.05, 0.1) is 16.3 Å². The van der Waals surface area contributed by atoms with Gasteiger partial charge >= 0.3 is 0 Å². The lowest BCUT2D eigenvalue weighted by molar-refractivity contribution is -0.122. The summed E-state index contributed by atoms with van der Waals surface area (Å²) in [5.74, 6) is 0.0614. The van der Waals surface area contributed by atoms with E-state index >= 15 is 0 Å². The molecule has 1 unspecified atom stereocenters. The highest BCUT2D eigenvalue weighted by Gasteiger charge is 2.24. The van der Waals surface area contributed by atoms with Gasteiger partial charge in [0.2, 0.25) is 10.0 Å². The molecule has 0 aliphatic heterocycles. The largest absolute Gasteiger partial charge is 0.481 e. The van der Waals surface area contributed by atoms with Crippen molar-refractivity contribution in [2.45, 2.75) is 31.8 Å². The highest BCUT2D eigenvalue weighted by atomic mass is 35.5. The molecule has 0 aliphatic carbocycles. The van der Waals surface area contributed by atoms with E-state index in [-0.39, 0.29) is 4.90 Å². The van der Waals surface area contributed by atoms with Crippen LogP contribution in [-0.2, 0) is 14.8 Å². The van der Waals surface area contributed by atoms with Gasteiger partial charge in [0, 0.05) is 32.2 Å². The van der Waals surface area contributed by atoms with Gasteiger partial charge in [0.1, 0.15) is 5.75 Å². The number of rotatable bonds is 9. The lowest BCUT2D eigenvalue weighted by Gasteiger charge is -2.23. The molecule has 2 aromatic rings. The van der Waals surface area contributed by atoms with E-state index in [9.17, 15) is 13.2 Å². The summed E-state index contributed by atoms with van der Waals surface area (Å²) >= 11 is 5.96. The molecule has 2 aromatic carbocycles. The van der Waals surface area contributed by atoms with Gasteiger partial charge in [-0.2, -0.15) is 4.31 Å². The van der Waals surface area contributed by atoms with Crippen LogP contribution in [0.1, 0.15) is 20.8 Å². The van der Waals surface area contributed by atoms with Crippen molar-refractivity contribution >= 4 is 38.9 Å². The van der Waals surface area contributed by atoms with E-state index in [0.29, 0.717) is 35.2 Å². The van der Waals surface area contributed by atoms with Crippen LogP contribution in [0, 0.1) is 0 Å². The molecule has 0 fully saturated rings. The van der Waals surface area contributed by atoms with Gasteiger partial charge in [-0.15, -0.1) is 0 Å². The van der Waals surface area contributed by atoms with Gasteiger partial charge in [-0.3, -0.25) is 4.79 Å². The first kappa shape index (κ1) is 24.0. The minimum absolute atomic E-state index is 0.121. The third-order valence-electron chi connectivity index (χ3n) is 4.53. The summed E-state index contributed by atoms with van der Waals surface area (Å²) in [7, 11) is -0.0280. The molecule has 0 saturated carbocycles. The highest BCUT2D eigenvalue weighted by Crippen LogP contribution is 2.29. The van der Waals surface area contributed by atoms with Crippen LogP contribution in [0.4, 0.5) is 11.4 Å². The molecule has 30 heavy (non-hydrogen) atoms. The van der Waals surface area contributed by atoms with Crippen LogP contribution in [0.5, 0.6) is 5.75 Å². The summed E-state index contributed by atoms with van der Waals surface area (Å²) < 4.78 is 32.8. The SMILES string of the molecule is CCN(CC)S(=O)(=O)c1ccc(N(C)C)c(NC(=O)C(C)Oc2cccc(Cl)c2)c1. The van der Waals surface area contributed by atoms with Gasteiger partial charge in [0.25, 0.3) is 5.91 Å². The average Bonchev–Trinajstić information content (AvgIpc) is 2.68. The summed E-state index contributed by atoms with van der Waals surface area (Å²) in [5.41, 5.74) is 1.07. The van der Waals surface area contributed by atoms with E-state index in [1.54, 1.807) is 62.1 Å². The topological polar surface area (TPSA) is 79.0 Å². The molecule has 1 amide bonds. The van der Waals surface area contributed by atoms with Crippen molar-refractivity contribution < 1.29 is 17.9 Å². The maximum atomic E-state index is 12.9. The molecule has 1 atom stereocenters. The molecule has 7 nitrogen and oxygen atoms in total. The molecule has 9 heteroatoms. The van der Waals surface area contributed by atoms with Crippen LogP contribution in [-0.4, -0.2) is 51.9 Å². The van der Waals surface area contributed by atoms with Crippen molar-refractivity contribution in [1.82, 2.24) is 4.31 Å². The smallest absolute Gasteiger partial charge is 0.265 e. The molecule has 0 radical (unpaired) electrons. The first-order valence-electron chi connectivity index (χ1n) is 9.64. The summed E-state index contributed by atoms with van der Waals surface area (Å²) in [5, 5.41) is 3.30. The van der Waals surface area contributed by atoms with Crippen molar-refractivity contribution in [2.24, 2.45) is 0 Å². The van der Waals surface area contributed by atoms with E-state index in [1.165, 1.54) is 10.4 Å². The quantitative estimate of drug-likeness (QED) is 0.624. The van der Waals surface area contributed by atoms with Crippen molar-refractivity contribution in [3.05, 3.63) is 47.5 Å². The summed E-state index contributed by atoms with van der Waals surface area (Å²) in [6.45, 7) is 5.91. The number of sulfonamides is 1. The molecular weight excluding hydrogens is 426 g/mol. The molecule has 1 N–H and O–H groups in total. The van der Waals surface area contributed by atoms with E-state index < -0.39 is 22.0 Å². The zero-order chi connectivity index (χ0) is 22.5. The van der Waals surface area contributed by atoms with Crippen LogP contribution in [0.3, 0.4) is 0 Å². The molecule has 0 saturated heterocycles. The fourth-order valence-corrected chi connectivity index (χ4v) is 4.58. The first-order chi connectivity index (χ1) is 14.1. The predicted molar refractivity (Wildman–Crippen MR) is 121 cm³/mol. The number of nitrogens with one attached hydrogen (secondary N) is 1. The lowest BCUT2D eigenvalue weighted by atomic mass is 10.2. The van der Waals surface area contributed by atoms with E-state index in [2.05, 4.69) is 5.32 Å². The standard InChI is InChI=1S/C21H28ClN3O4S/c1-6-25(7-2)30(27,28)18-11-12-20(24(4)5)19(14-18)23-21(26)15(3)29-17-10-8-9-16(22)13-17/h8-15H,6-7H2,1-5H3,(H,23,26). The third kappa shape index (κ3) is 5.65. The van der Waals surface area contributed by atoms with Crippen LogP contribution >= 0.6 is 11.6 Å². The Hall–Kier alpha value is -2.29. The second kappa shape index (κ2) is 10.1. The number of carbonyl (C=O) groups is 1. The van der Waals surface area contributed by atoms with Gasteiger partial charge in [-0.1, -0.05) is 31.5 Å². The number of nitrogens with zero attached hydrogens (tertiary/aromatic N) is 2. The predicted octanol–water partition coefficient (Wildman–Crippen LogP) is 3.84. The Bertz CT molecular complexity index is 991. The highest BCUT2D eigenvalue weighted by molar-refractivity contribution is 7.89. The van der Waals surface area contributed by atoms with Crippen LogP contribution in [0.25, 0.3) is 0 Å². The summed E-state index contributed by atoms with van der Waals surface area (Å²) in [6, 6.07) is 11.5. The van der Waals surface area contributed by atoms with Crippen molar-refractivity contribution in [1.29, 1.82) is 0 Å². The van der Waals surface area contributed by atoms with Crippen LogP contribution in [0.2, 0.25) is 5.02 Å². The fourth-order valence-electron chi connectivity index (χ4n) is 2.91. The van der Waals surface area contributed by atoms with Gasteiger partial charge in [-0.05, 0) is 43.3 Å². The number of anilines is 2.